The molecule has 7 nitrogen and oxygen atoms in total. The van der Waals surface area contributed by atoms with Gasteiger partial charge >= 0.3 is 0 Å². The minimum absolute atomic E-state index is 0.0440. The van der Waals surface area contributed by atoms with Crippen molar-refractivity contribution in [1.29, 1.82) is 0 Å². The van der Waals surface area contributed by atoms with Crippen LogP contribution < -0.4 is 10.2 Å². The van der Waals surface area contributed by atoms with Gasteiger partial charge in [-0.25, -0.2) is 0 Å². The Bertz CT molecular complexity index is 788. The molecule has 1 aromatic rings. The summed E-state index contributed by atoms with van der Waals surface area (Å²) in [6, 6.07) is 7.13. The van der Waals surface area contributed by atoms with E-state index in [2.05, 4.69) is 5.32 Å². The van der Waals surface area contributed by atoms with Gasteiger partial charge in [0, 0.05) is 38.3 Å². The Morgan fingerprint density at radius 3 is 2.41 bits per heavy atom. The Morgan fingerprint density at radius 2 is 1.83 bits per heavy atom. The molecule has 1 aliphatic rings. The van der Waals surface area contributed by atoms with Gasteiger partial charge in [-0.05, 0) is 24.5 Å². The molecule has 29 heavy (non-hydrogen) atoms. The molecule has 0 aromatic heterocycles. The topological polar surface area (TPSA) is 86.8 Å². The Labute approximate surface area is 172 Å². The maximum Gasteiger partial charge on any atom is 0.233 e. The van der Waals surface area contributed by atoms with Crippen LogP contribution in [0.2, 0.25) is 0 Å². The number of nitrogens with one attached hydrogen (secondary N) is 1. The monoisotopic (exact) mass is 401 g/mol. The first kappa shape index (κ1) is 22.6. The van der Waals surface area contributed by atoms with Gasteiger partial charge in [0.1, 0.15) is 0 Å². The quantitative estimate of drug-likeness (QED) is 0.678. The van der Waals surface area contributed by atoms with E-state index in [4.69, 9.17) is 0 Å². The van der Waals surface area contributed by atoms with E-state index in [1.54, 1.807) is 25.2 Å². The lowest BCUT2D eigenvalue weighted by molar-refractivity contribution is -0.140. The summed E-state index contributed by atoms with van der Waals surface area (Å²) in [5, 5.41) is 2.84. The van der Waals surface area contributed by atoms with Gasteiger partial charge in [0.2, 0.25) is 23.6 Å². The number of carbonyl (C=O) groups excluding carboxylic acids is 4. The van der Waals surface area contributed by atoms with Gasteiger partial charge in [0.25, 0.3) is 0 Å². The average molecular weight is 402 g/mol. The van der Waals surface area contributed by atoms with Crippen LogP contribution in [0.1, 0.15) is 47.0 Å². The average Bonchev–Trinajstić information content (AvgIpc) is 2.95. The van der Waals surface area contributed by atoms with E-state index < -0.39 is 0 Å². The molecule has 7 heteroatoms. The number of hydrogen-bond acceptors (Lipinski definition) is 4. The molecule has 1 aromatic carbocycles. The number of imide groups is 1. The Balaban J connectivity index is 1.93. The summed E-state index contributed by atoms with van der Waals surface area (Å²) < 4.78 is 0. The Morgan fingerprint density at radius 1 is 1.17 bits per heavy atom. The summed E-state index contributed by atoms with van der Waals surface area (Å²) in [5.74, 6) is -0.842. The number of para-hydroxylation sites is 2. The number of amides is 4. The van der Waals surface area contributed by atoms with E-state index in [0.717, 1.165) is 0 Å². The molecule has 0 aliphatic carbocycles. The van der Waals surface area contributed by atoms with Crippen LogP contribution in [0.3, 0.4) is 0 Å². The van der Waals surface area contributed by atoms with Crippen molar-refractivity contribution >= 4 is 35.0 Å². The number of rotatable bonds is 8. The van der Waals surface area contributed by atoms with Crippen LogP contribution in [0.15, 0.2) is 24.3 Å². The lowest BCUT2D eigenvalue weighted by atomic mass is 9.94. The maximum absolute atomic E-state index is 12.4. The lowest BCUT2D eigenvalue weighted by Crippen LogP contribution is -2.33. The predicted octanol–water partition coefficient (Wildman–Crippen LogP) is 3.06. The Kier molecular flexibility index (Phi) is 7.53. The Hall–Kier alpha value is -2.70. The molecule has 1 saturated heterocycles. The van der Waals surface area contributed by atoms with Gasteiger partial charge in [0.15, 0.2) is 0 Å². The van der Waals surface area contributed by atoms with Crippen molar-refractivity contribution in [2.45, 2.75) is 47.0 Å². The fraction of sp³-hybridized carbons (Fsp3) is 0.545. The van der Waals surface area contributed by atoms with E-state index in [0.29, 0.717) is 17.8 Å². The molecule has 1 heterocycles. The molecular formula is C22H31N3O4. The number of likely N-dealkylation sites (tertiary alicyclic amines) is 1. The number of anilines is 2. The summed E-state index contributed by atoms with van der Waals surface area (Å²) in [4.78, 5) is 51.9. The zero-order chi connectivity index (χ0) is 21.7. The molecule has 4 amide bonds. The minimum atomic E-state index is -0.253. The molecule has 0 bridgehead atoms. The van der Waals surface area contributed by atoms with Gasteiger partial charge in [-0.1, -0.05) is 39.8 Å². The standard InChI is InChI=1S/C22H31N3O4/c1-14(2)16-13-20(27)25(22(16)29)12-8-11-19(26)23-17-9-6-7-10-18(17)24(5)21(28)15(3)4/h6-7,9-10,14-16H,8,11-13H2,1-5H3,(H,23,26). The highest BCUT2D eigenvalue weighted by molar-refractivity contribution is 6.04. The van der Waals surface area contributed by atoms with Gasteiger partial charge in [-0.2, -0.15) is 0 Å². The van der Waals surface area contributed by atoms with Crippen LogP contribution >= 0.6 is 0 Å². The number of nitrogens with zero attached hydrogens (tertiary/aromatic N) is 2. The molecule has 1 fully saturated rings. The lowest BCUT2D eigenvalue weighted by Gasteiger charge is -2.22. The van der Waals surface area contributed by atoms with E-state index in [-0.39, 0.29) is 60.8 Å². The minimum Gasteiger partial charge on any atom is -0.324 e. The largest absolute Gasteiger partial charge is 0.324 e. The number of benzene rings is 1. The SMILES string of the molecule is CC(C)C(=O)N(C)c1ccccc1NC(=O)CCCN1C(=O)CC(C(C)C)C1=O. The summed E-state index contributed by atoms with van der Waals surface area (Å²) in [6.07, 6.45) is 0.836. The van der Waals surface area contributed by atoms with Gasteiger partial charge in [-0.3, -0.25) is 24.1 Å². The zero-order valence-corrected chi connectivity index (χ0v) is 17.9. The van der Waals surface area contributed by atoms with E-state index in [1.165, 1.54) is 9.80 Å². The molecule has 1 unspecified atom stereocenters. The van der Waals surface area contributed by atoms with Crippen LogP contribution in [-0.4, -0.2) is 42.1 Å². The summed E-state index contributed by atoms with van der Waals surface area (Å²) >= 11 is 0. The molecule has 0 radical (unpaired) electrons. The first-order valence-electron chi connectivity index (χ1n) is 10.1. The first-order chi connectivity index (χ1) is 13.6. The van der Waals surface area contributed by atoms with Crippen molar-refractivity contribution in [1.82, 2.24) is 4.90 Å². The van der Waals surface area contributed by atoms with Crippen LogP contribution in [-0.2, 0) is 19.2 Å². The highest BCUT2D eigenvalue weighted by Crippen LogP contribution is 2.27. The molecule has 158 valence electrons. The third-order valence-corrected chi connectivity index (χ3v) is 5.23. The molecule has 1 N–H and O–H groups in total. The van der Waals surface area contributed by atoms with E-state index >= 15 is 0 Å². The number of hydrogen-bond donors (Lipinski definition) is 1. The van der Waals surface area contributed by atoms with Crippen molar-refractivity contribution in [2.75, 3.05) is 23.8 Å². The van der Waals surface area contributed by atoms with Crippen LogP contribution in [0.5, 0.6) is 0 Å². The second kappa shape index (κ2) is 9.67. The van der Waals surface area contributed by atoms with Crippen molar-refractivity contribution in [3.05, 3.63) is 24.3 Å². The highest BCUT2D eigenvalue weighted by Gasteiger charge is 2.39. The number of carbonyl (C=O) groups is 4. The van der Waals surface area contributed by atoms with Crippen molar-refractivity contribution < 1.29 is 19.2 Å². The third-order valence-electron chi connectivity index (χ3n) is 5.23. The first-order valence-corrected chi connectivity index (χ1v) is 10.1. The van der Waals surface area contributed by atoms with Crippen molar-refractivity contribution in [2.24, 2.45) is 17.8 Å². The molecule has 2 rings (SSSR count). The fourth-order valence-electron chi connectivity index (χ4n) is 3.45. The molecular weight excluding hydrogens is 370 g/mol. The summed E-state index contributed by atoms with van der Waals surface area (Å²) in [7, 11) is 1.68. The van der Waals surface area contributed by atoms with Crippen LogP contribution in [0.4, 0.5) is 11.4 Å². The van der Waals surface area contributed by atoms with E-state index in [9.17, 15) is 19.2 Å². The van der Waals surface area contributed by atoms with Gasteiger partial charge < -0.3 is 10.2 Å². The maximum atomic E-state index is 12.4. The predicted molar refractivity (Wildman–Crippen MR) is 112 cm³/mol. The second-order valence-electron chi connectivity index (χ2n) is 8.16. The molecule has 0 spiro atoms. The van der Waals surface area contributed by atoms with Crippen molar-refractivity contribution in [3.8, 4) is 0 Å². The molecule has 1 atom stereocenters. The normalized spacial score (nSPS) is 16.7. The zero-order valence-electron chi connectivity index (χ0n) is 17.9. The fourth-order valence-corrected chi connectivity index (χ4v) is 3.45. The third kappa shape index (κ3) is 5.43. The van der Waals surface area contributed by atoms with E-state index in [1.807, 2.05) is 33.8 Å². The van der Waals surface area contributed by atoms with Crippen LogP contribution in [0.25, 0.3) is 0 Å². The van der Waals surface area contributed by atoms with Crippen LogP contribution in [0, 0.1) is 17.8 Å². The smallest absolute Gasteiger partial charge is 0.233 e. The summed E-state index contributed by atoms with van der Waals surface area (Å²) in [5.41, 5.74) is 1.19. The summed E-state index contributed by atoms with van der Waals surface area (Å²) in [6.45, 7) is 7.77. The van der Waals surface area contributed by atoms with Gasteiger partial charge in [0.05, 0.1) is 11.4 Å². The van der Waals surface area contributed by atoms with Gasteiger partial charge in [-0.15, -0.1) is 0 Å². The molecule has 0 saturated carbocycles. The molecule has 1 aliphatic heterocycles. The van der Waals surface area contributed by atoms with Crippen molar-refractivity contribution in [3.63, 3.8) is 0 Å². The highest BCUT2D eigenvalue weighted by atomic mass is 16.2. The second-order valence-corrected chi connectivity index (χ2v) is 8.16.